The maximum Gasteiger partial charge on any atom is 0.265 e. The zero-order chi connectivity index (χ0) is 23.1. The minimum absolute atomic E-state index is 0.271. The van der Waals surface area contributed by atoms with Crippen molar-refractivity contribution in [3.05, 3.63) is 83.4 Å². The number of nitrogens with one attached hydrogen (secondary N) is 2. The molecule has 0 heterocycles. The number of anilines is 2. The van der Waals surface area contributed by atoms with Gasteiger partial charge >= 0.3 is 0 Å². The van der Waals surface area contributed by atoms with Crippen LogP contribution in [-0.2, 0) is 9.59 Å². The summed E-state index contributed by atoms with van der Waals surface area (Å²) in [6.45, 7) is 5.26. The number of rotatable bonds is 8. The van der Waals surface area contributed by atoms with E-state index in [0.717, 1.165) is 5.56 Å². The Labute approximate surface area is 192 Å². The van der Waals surface area contributed by atoms with Gasteiger partial charge in [0.15, 0.2) is 12.2 Å². The molecule has 0 saturated heterocycles. The summed E-state index contributed by atoms with van der Waals surface area (Å²) < 4.78 is 11.4. The van der Waals surface area contributed by atoms with E-state index in [0.29, 0.717) is 27.9 Å². The first kappa shape index (κ1) is 23.2. The molecule has 2 atom stereocenters. The SMILES string of the molecule is Cc1ccccc1OC(C)C(=O)Nc1ccc(NC(=O)C(C)Oc2ccccc2Cl)cc1. The fraction of sp³-hybridized carbons (Fsp3) is 0.200. The first-order valence-corrected chi connectivity index (χ1v) is 10.6. The van der Waals surface area contributed by atoms with E-state index in [-0.39, 0.29) is 11.8 Å². The van der Waals surface area contributed by atoms with Gasteiger partial charge in [-0.1, -0.05) is 41.9 Å². The Kier molecular flexibility index (Phi) is 7.73. The predicted molar refractivity (Wildman–Crippen MR) is 127 cm³/mol. The van der Waals surface area contributed by atoms with Gasteiger partial charge in [-0.05, 0) is 68.8 Å². The first-order chi connectivity index (χ1) is 15.3. The Bertz CT molecular complexity index is 999. The molecule has 0 bridgehead atoms. The number of para-hydroxylation sites is 2. The average Bonchev–Trinajstić information content (AvgIpc) is 2.78. The van der Waals surface area contributed by atoms with E-state index >= 15 is 0 Å². The zero-order valence-electron chi connectivity index (χ0n) is 18.1. The lowest BCUT2D eigenvalue weighted by molar-refractivity contribution is -0.122. The lowest BCUT2D eigenvalue weighted by Gasteiger charge is -2.17. The molecule has 32 heavy (non-hydrogen) atoms. The van der Waals surface area contributed by atoms with Crippen LogP contribution in [0.25, 0.3) is 0 Å². The molecule has 2 N–H and O–H groups in total. The third kappa shape index (κ3) is 6.25. The molecule has 2 unspecified atom stereocenters. The maximum atomic E-state index is 12.4. The van der Waals surface area contributed by atoms with E-state index in [1.54, 1.807) is 62.4 Å². The van der Waals surface area contributed by atoms with Crippen molar-refractivity contribution >= 4 is 34.8 Å². The quantitative estimate of drug-likeness (QED) is 0.475. The van der Waals surface area contributed by atoms with E-state index < -0.39 is 12.2 Å². The Hall–Kier alpha value is -3.51. The molecule has 0 aliphatic carbocycles. The van der Waals surface area contributed by atoms with Gasteiger partial charge in [-0.2, -0.15) is 0 Å². The molecule has 3 aromatic carbocycles. The molecule has 0 fully saturated rings. The highest BCUT2D eigenvalue weighted by molar-refractivity contribution is 6.32. The minimum atomic E-state index is -0.742. The number of carbonyl (C=O) groups excluding carboxylic acids is 2. The standard InChI is InChI=1S/C25H25ClN2O4/c1-16-8-4-6-10-22(16)31-17(2)24(29)27-19-12-14-20(15-13-19)28-25(30)18(3)32-23-11-7-5-9-21(23)26/h4-15,17-18H,1-3H3,(H,27,29)(H,28,30). The second-order valence-corrected chi connectivity index (χ2v) is 7.68. The Morgan fingerprint density at radius 3 is 1.66 bits per heavy atom. The van der Waals surface area contributed by atoms with Crippen molar-refractivity contribution in [2.24, 2.45) is 0 Å². The largest absolute Gasteiger partial charge is 0.481 e. The number of hydrogen-bond donors (Lipinski definition) is 2. The summed E-state index contributed by atoms with van der Waals surface area (Å²) in [6, 6.07) is 21.3. The van der Waals surface area contributed by atoms with Crippen molar-refractivity contribution in [1.82, 2.24) is 0 Å². The Balaban J connectivity index is 1.53. The Morgan fingerprint density at radius 2 is 1.16 bits per heavy atom. The molecule has 166 valence electrons. The molecule has 0 aromatic heterocycles. The second-order valence-electron chi connectivity index (χ2n) is 7.27. The topological polar surface area (TPSA) is 76.7 Å². The first-order valence-electron chi connectivity index (χ1n) is 10.2. The molecule has 3 rings (SSSR count). The van der Waals surface area contributed by atoms with E-state index in [4.69, 9.17) is 21.1 Å². The van der Waals surface area contributed by atoms with Gasteiger partial charge < -0.3 is 20.1 Å². The Morgan fingerprint density at radius 1 is 0.719 bits per heavy atom. The molecule has 0 radical (unpaired) electrons. The number of aryl methyl sites for hydroxylation is 1. The summed E-state index contributed by atoms with van der Waals surface area (Å²) in [5.41, 5.74) is 2.13. The number of hydrogen-bond acceptors (Lipinski definition) is 4. The van der Waals surface area contributed by atoms with Crippen molar-refractivity contribution in [3.8, 4) is 11.5 Å². The van der Waals surface area contributed by atoms with E-state index in [1.165, 1.54) is 0 Å². The molecule has 2 amide bonds. The van der Waals surface area contributed by atoms with E-state index in [1.807, 2.05) is 31.2 Å². The van der Waals surface area contributed by atoms with Gasteiger partial charge in [-0.25, -0.2) is 0 Å². The van der Waals surface area contributed by atoms with Crippen LogP contribution in [0.5, 0.6) is 11.5 Å². The highest BCUT2D eigenvalue weighted by atomic mass is 35.5. The second kappa shape index (κ2) is 10.7. The van der Waals surface area contributed by atoms with Crippen LogP contribution < -0.4 is 20.1 Å². The number of ether oxygens (including phenoxy) is 2. The monoisotopic (exact) mass is 452 g/mol. The fourth-order valence-corrected chi connectivity index (χ4v) is 3.02. The fourth-order valence-electron chi connectivity index (χ4n) is 2.84. The maximum absolute atomic E-state index is 12.4. The molecule has 6 nitrogen and oxygen atoms in total. The van der Waals surface area contributed by atoms with Gasteiger partial charge in [0.2, 0.25) is 0 Å². The average molecular weight is 453 g/mol. The molecule has 0 saturated carbocycles. The van der Waals surface area contributed by atoms with Gasteiger partial charge in [-0.15, -0.1) is 0 Å². The van der Waals surface area contributed by atoms with E-state index in [9.17, 15) is 9.59 Å². The van der Waals surface area contributed by atoms with Crippen LogP contribution in [0.1, 0.15) is 19.4 Å². The highest BCUT2D eigenvalue weighted by Gasteiger charge is 2.17. The van der Waals surface area contributed by atoms with Crippen LogP contribution in [0.15, 0.2) is 72.8 Å². The van der Waals surface area contributed by atoms with Crippen LogP contribution in [-0.4, -0.2) is 24.0 Å². The summed E-state index contributed by atoms with van der Waals surface area (Å²) in [5.74, 6) is 0.520. The van der Waals surface area contributed by atoms with Crippen molar-refractivity contribution < 1.29 is 19.1 Å². The molecule has 0 aliphatic rings. The summed E-state index contributed by atoms with van der Waals surface area (Å²) in [4.78, 5) is 24.9. The predicted octanol–water partition coefficient (Wildman–Crippen LogP) is 5.46. The molecule has 7 heteroatoms. The third-order valence-corrected chi connectivity index (χ3v) is 5.01. The highest BCUT2D eigenvalue weighted by Crippen LogP contribution is 2.24. The summed E-state index contributed by atoms with van der Waals surface area (Å²) >= 11 is 6.07. The van der Waals surface area contributed by atoms with Crippen molar-refractivity contribution in [1.29, 1.82) is 0 Å². The van der Waals surface area contributed by atoms with Gasteiger partial charge in [0.1, 0.15) is 11.5 Å². The summed E-state index contributed by atoms with van der Waals surface area (Å²) in [6.07, 6.45) is -1.41. The van der Waals surface area contributed by atoms with Crippen LogP contribution in [0.4, 0.5) is 11.4 Å². The van der Waals surface area contributed by atoms with Crippen LogP contribution in [0, 0.1) is 6.92 Å². The van der Waals surface area contributed by atoms with Crippen molar-refractivity contribution in [2.45, 2.75) is 33.0 Å². The van der Waals surface area contributed by atoms with Gasteiger partial charge in [0.05, 0.1) is 5.02 Å². The molecule has 3 aromatic rings. The van der Waals surface area contributed by atoms with Crippen LogP contribution >= 0.6 is 11.6 Å². The number of halogens is 1. The molecule has 0 aliphatic heterocycles. The van der Waals surface area contributed by atoms with Gasteiger partial charge in [0, 0.05) is 11.4 Å². The summed E-state index contributed by atoms with van der Waals surface area (Å²) in [5, 5.41) is 6.02. The van der Waals surface area contributed by atoms with Crippen LogP contribution in [0.2, 0.25) is 5.02 Å². The van der Waals surface area contributed by atoms with Gasteiger partial charge in [0.25, 0.3) is 11.8 Å². The minimum Gasteiger partial charge on any atom is -0.481 e. The van der Waals surface area contributed by atoms with E-state index in [2.05, 4.69) is 10.6 Å². The molecular formula is C25H25ClN2O4. The van der Waals surface area contributed by atoms with Gasteiger partial charge in [-0.3, -0.25) is 9.59 Å². The van der Waals surface area contributed by atoms with Crippen molar-refractivity contribution in [3.63, 3.8) is 0 Å². The lowest BCUT2D eigenvalue weighted by atomic mass is 10.2. The third-order valence-electron chi connectivity index (χ3n) is 4.70. The zero-order valence-corrected chi connectivity index (χ0v) is 18.8. The smallest absolute Gasteiger partial charge is 0.265 e. The van der Waals surface area contributed by atoms with Crippen LogP contribution in [0.3, 0.4) is 0 Å². The number of amides is 2. The number of benzene rings is 3. The summed E-state index contributed by atoms with van der Waals surface area (Å²) in [7, 11) is 0. The molecule has 0 spiro atoms. The van der Waals surface area contributed by atoms with Crippen molar-refractivity contribution in [2.75, 3.05) is 10.6 Å². The molecular weight excluding hydrogens is 428 g/mol. The normalized spacial score (nSPS) is 12.4. The lowest BCUT2D eigenvalue weighted by Crippen LogP contribution is -2.30. The number of carbonyl (C=O) groups is 2.